The van der Waals surface area contributed by atoms with Gasteiger partial charge in [-0.2, -0.15) is 13.2 Å². The molecule has 232 valence electrons. The molecule has 0 amide bonds. The number of rotatable bonds is 12. The number of halogens is 3. The normalized spacial score (nSPS) is 18.2. The van der Waals surface area contributed by atoms with Gasteiger partial charge < -0.3 is 19.3 Å². The summed E-state index contributed by atoms with van der Waals surface area (Å²) in [6.07, 6.45) is -3.24. The number of carbonyl (C=O) groups is 2. The maximum absolute atomic E-state index is 14.1. The fourth-order valence-electron chi connectivity index (χ4n) is 4.72. The number of aryl methyl sites for hydroxylation is 1. The Morgan fingerprint density at radius 3 is 2.48 bits per heavy atom. The highest BCUT2D eigenvalue weighted by atomic mass is 32.2. The fourth-order valence-corrected chi connectivity index (χ4v) is 6.30. The van der Waals surface area contributed by atoms with E-state index in [0.29, 0.717) is 6.54 Å². The average Bonchev–Trinajstić information content (AvgIpc) is 3.64. The summed E-state index contributed by atoms with van der Waals surface area (Å²) < 4.78 is 86.6. The molecular formula is C27H34F3N3O8S. The van der Waals surface area contributed by atoms with Crippen molar-refractivity contribution in [2.45, 2.75) is 82.7 Å². The van der Waals surface area contributed by atoms with Crippen LogP contribution in [0.5, 0.6) is 11.6 Å². The highest BCUT2D eigenvalue weighted by molar-refractivity contribution is 7.93. The van der Waals surface area contributed by atoms with Crippen LogP contribution in [-0.4, -0.2) is 66.3 Å². The fraction of sp³-hybridized carbons (Fsp3) is 0.593. The molecular weight excluding hydrogens is 583 g/mol. The third kappa shape index (κ3) is 6.60. The van der Waals surface area contributed by atoms with Crippen LogP contribution in [0.3, 0.4) is 0 Å². The van der Waals surface area contributed by atoms with Gasteiger partial charge in [0.15, 0.2) is 4.90 Å². The smallest absolute Gasteiger partial charge is 0.427 e. The Labute approximate surface area is 241 Å². The summed E-state index contributed by atoms with van der Waals surface area (Å²) in [5.74, 6) is -2.87. The number of aromatic nitrogens is 2. The van der Waals surface area contributed by atoms with E-state index in [1.165, 1.54) is 29.1 Å². The topological polar surface area (TPSA) is 137 Å². The maximum Gasteiger partial charge on any atom is 0.427 e. The number of carboxylic acid groups (broad SMARTS) is 1. The number of hydrogen-bond donors (Lipinski definition) is 1. The zero-order valence-corrected chi connectivity index (χ0v) is 24.5. The highest BCUT2D eigenvalue weighted by Gasteiger charge is 2.51. The molecule has 1 N–H and O–H groups in total. The van der Waals surface area contributed by atoms with Gasteiger partial charge in [0.1, 0.15) is 11.9 Å². The van der Waals surface area contributed by atoms with Gasteiger partial charge in [0.2, 0.25) is 5.60 Å². The maximum atomic E-state index is 14.1. The van der Waals surface area contributed by atoms with Crippen LogP contribution in [0.2, 0.25) is 0 Å². The summed E-state index contributed by atoms with van der Waals surface area (Å²) in [5.41, 5.74) is -2.49. The lowest BCUT2D eigenvalue weighted by molar-refractivity contribution is -0.257. The number of hydrogen-bond acceptors (Lipinski definition) is 8. The summed E-state index contributed by atoms with van der Waals surface area (Å²) in [5, 5.41) is 14.0. The number of carboxylic acids is 1. The van der Waals surface area contributed by atoms with Crippen LogP contribution in [0, 0.1) is 11.8 Å². The van der Waals surface area contributed by atoms with Gasteiger partial charge in [0, 0.05) is 12.7 Å². The quantitative estimate of drug-likeness (QED) is 0.348. The molecule has 15 heteroatoms. The average molecular weight is 618 g/mol. The Hall–Kier alpha value is -3.49. The van der Waals surface area contributed by atoms with Crippen molar-refractivity contribution in [1.29, 1.82) is 0 Å². The van der Waals surface area contributed by atoms with Gasteiger partial charge in [-0.25, -0.2) is 8.42 Å². The third-order valence-corrected chi connectivity index (χ3v) is 9.01. The van der Waals surface area contributed by atoms with Crippen LogP contribution >= 0.6 is 0 Å². The highest BCUT2D eigenvalue weighted by Crippen LogP contribution is 2.44. The monoisotopic (exact) mass is 617 g/mol. The molecule has 0 spiro atoms. The summed E-state index contributed by atoms with van der Waals surface area (Å²) in [4.78, 5) is 24.1. The second-order valence-corrected chi connectivity index (χ2v) is 12.7. The van der Waals surface area contributed by atoms with E-state index in [1.54, 1.807) is 13.8 Å². The molecule has 1 aliphatic carbocycles. The van der Waals surface area contributed by atoms with Crippen LogP contribution in [0.4, 0.5) is 18.9 Å². The van der Waals surface area contributed by atoms with E-state index in [1.807, 2.05) is 0 Å². The largest absolute Gasteiger partial charge is 0.486 e. The molecule has 1 aromatic carbocycles. The van der Waals surface area contributed by atoms with E-state index in [0.717, 1.165) is 31.0 Å². The Kier molecular flexibility index (Phi) is 8.72. The van der Waals surface area contributed by atoms with Gasteiger partial charge in [-0.15, -0.1) is 5.10 Å². The number of anilines is 1. The van der Waals surface area contributed by atoms with Gasteiger partial charge in [0.05, 0.1) is 31.2 Å². The lowest BCUT2D eigenvalue weighted by atomic mass is 9.95. The second kappa shape index (κ2) is 11.7. The van der Waals surface area contributed by atoms with Crippen molar-refractivity contribution in [3.05, 3.63) is 30.0 Å². The number of aliphatic carboxylic acids is 1. The van der Waals surface area contributed by atoms with E-state index in [4.69, 9.17) is 9.47 Å². The second-order valence-electron chi connectivity index (χ2n) is 10.8. The third-order valence-electron chi connectivity index (χ3n) is 7.25. The zero-order chi connectivity index (χ0) is 31.0. The van der Waals surface area contributed by atoms with Crippen LogP contribution in [0.25, 0.3) is 0 Å². The molecule has 2 aliphatic rings. The first-order valence-electron chi connectivity index (χ1n) is 13.6. The number of sulfonamides is 1. The molecule has 0 bridgehead atoms. The predicted octanol–water partition coefficient (Wildman–Crippen LogP) is 4.19. The molecule has 1 saturated carbocycles. The summed E-state index contributed by atoms with van der Waals surface area (Å²) in [6, 6.07) is 4.17. The Morgan fingerprint density at radius 1 is 1.21 bits per heavy atom. The number of fused-ring (bicyclic) bond motifs is 1. The van der Waals surface area contributed by atoms with Crippen molar-refractivity contribution in [3.8, 4) is 11.6 Å². The lowest BCUT2D eigenvalue weighted by Crippen LogP contribution is -2.45. The van der Waals surface area contributed by atoms with Crippen molar-refractivity contribution in [2.75, 3.05) is 17.5 Å². The van der Waals surface area contributed by atoms with E-state index in [9.17, 15) is 36.3 Å². The first-order valence-corrected chi connectivity index (χ1v) is 15.0. The summed E-state index contributed by atoms with van der Waals surface area (Å²) in [7, 11) is -4.37. The van der Waals surface area contributed by atoms with Crippen molar-refractivity contribution in [3.63, 3.8) is 0 Å². The minimum absolute atomic E-state index is 0.0146. The minimum atomic E-state index is -4.79. The van der Waals surface area contributed by atoms with Crippen LogP contribution in [-0.2, 0) is 37.3 Å². The van der Waals surface area contributed by atoms with E-state index in [2.05, 4.69) is 9.84 Å². The number of carbonyl (C=O) groups excluding carboxylic acids is 1. The van der Waals surface area contributed by atoms with Gasteiger partial charge >= 0.3 is 18.1 Å². The molecule has 1 aromatic heterocycles. The van der Waals surface area contributed by atoms with Gasteiger partial charge in [-0.05, 0) is 70.6 Å². The molecule has 4 rings (SSSR count). The molecule has 0 unspecified atom stereocenters. The molecule has 2 heterocycles. The number of benzene rings is 1. The SMILES string of the molecule is CCOc1nn(CC)cc1S(=O)(=O)N1C[C@H](C[C@@H](C(=O)O)C2CC2)Oc2ccc(CC(=O)OC(C)(C)C(F)(F)F)cc21. The van der Waals surface area contributed by atoms with Crippen molar-refractivity contribution < 1.29 is 50.5 Å². The molecule has 1 aliphatic heterocycles. The van der Waals surface area contributed by atoms with Crippen LogP contribution < -0.4 is 13.8 Å². The van der Waals surface area contributed by atoms with E-state index >= 15 is 0 Å². The molecule has 2 aromatic rings. The summed E-state index contributed by atoms with van der Waals surface area (Å²) >= 11 is 0. The summed E-state index contributed by atoms with van der Waals surface area (Å²) in [6.45, 7) is 5.18. The number of nitrogens with zero attached hydrogens (tertiary/aromatic N) is 3. The van der Waals surface area contributed by atoms with Gasteiger partial charge in [-0.1, -0.05) is 6.07 Å². The Balaban J connectivity index is 1.71. The molecule has 11 nitrogen and oxygen atoms in total. The molecule has 0 saturated heterocycles. The zero-order valence-electron chi connectivity index (χ0n) is 23.7. The van der Waals surface area contributed by atoms with E-state index < -0.39 is 52.2 Å². The minimum Gasteiger partial charge on any atom is -0.486 e. The van der Waals surface area contributed by atoms with Crippen molar-refractivity contribution in [1.82, 2.24) is 9.78 Å². The van der Waals surface area contributed by atoms with Crippen molar-refractivity contribution >= 4 is 27.6 Å². The number of ether oxygens (including phenoxy) is 3. The van der Waals surface area contributed by atoms with Crippen LogP contribution in [0.15, 0.2) is 29.3 Å². The standard InChI is InChI=1S/C27H34F3N3O8S/c1-5-32-15-22(24(31-32)39-6-2)42(37,38)33-14-18(13-19(25(35)36)17-8-9-17)40-21-10-7-16(11-20(21)33)12-23(34)41-26(3,4)27(28,29)30/h7,10-11,15,17-19H,5-6,8-9,12-14H2,1-4H3,(H,35,36)/t18-,19+/m0/s1. The first-order chi connectivity index (χ1) is 19.6. The lowest BCUT2D eigenvalue weighted by Gasteiger charge is -2.36. The van der Waals surface area contributed by atoms with Gasteiger partial charge in [0.25, 0.3) is 15.9 Å². The molecule has 1 fully saturated rings. The van der Waals surface area contributed by atoms with E-state index in [-0.39, 0.29) is 53.3 Å². The predicted molar refractivity (Wildman–Crippen MR) is 143 cm³/mol. The Bertz CT molecular complexity index is 1440. The molecule has 0 radical (unpaired) electrons. The first kappa shape index (κ1) is 31.4. The molecule has 2 atom stereocenters. The van der Waals surface area contributed by atoms with Crippen LogP contribution in [0.1, 0.15) is 52.5 Å². The van der Waals surface area contributed by atoms with Gasteiger partial charge in [-0.3, -0.25) is 18.6 Å². The number of esters is 1. The Morgan fingerprint density at radius 2 is 1.90 bits per heavy atom. The van der Waals surface area contributed by atoms with Crippen molar-refractivity contribution in [2.24, 2.45) is 11.8 Å². The molecule has 42 heavy (non-hydrogen) atoms. The number of alkyl halides is 3.